The molecule has 0 saturated carbocycles. The Bertz CT molecular complexity index is 404. The number of nitrogens with one attached hydrogen (secondary N) is 1. The number of benzene rings is 1. The minimum Gasteiger partial charge on any atom is -0.372 e. The van der Waals surface area contributed by atoms with Crippen LogP contribution in [0.5, 0.6) is 0 Å². The highest BCUT2D eigenvalue weighted by Crippen LogP contribution is 2.12. The van der Waals surface area contributed by atoms with Gasteiger partial charge in [0, 0.05) is 32.3 Å². The SMILES string of the molecule is CNC(=O)c1ccc(C(C)=O)cc1PO. The van der Waals surface area contributed by atoms with Crippen LogP contribution in [0.4, 0.5) is 0 Å². The highest BCUT2D eigenvalue weighted by molar-refractivity contribution is 7.41. The number of rotatable bonds is 3. The lowest BCUT2D eigenvalue weighted by Gasteiger charge is -2.06. The van der Waals surface area contributed by atoms with Gasteiger partial charge in [-0.05, 0) is 19.1 Å². The van der Waals surface area contributed by atoms with E-state index in [2.05, 4.69) is 5.32 Å². The summed E-state index contributed by atoms with van der Waals surface area (Å²) in [7, 11) is 1.02. The third-order valence-electron chi connectivity index (χ3n) is 2.02. The maximum Gasteiger partial charge on any atom is 0.251 e. The molecule has 0 aliphatic carbocycles. The van der Waals surface area contributed by atoms with Gasteiger partial charge in [0.1, 0.15) is 0 Å². The number of carbonyl (C=O) groups is 2. The van der Waals surface area contributed by atoms with E-state index in [9.17, 15) is 9.59 Å². The Morgan fingerprint density at radius 3 is 2.53 bits per heavy atom. The van der Waals surface area contributed by atoms with Gasteiger partial charge in [0.15, 0.2) is 5.78 Å². The average molecular weight is 225 g/mol. The summed E-state index contributed by atoms with van der Waals surface area (Å²) >= 11 is 0. The number of amides is 1. The van der Waals surface area contributed by atoms with Gasteiger partial charge in [-0.1, -0.05) is 6.07 Å². The van der Waals surface area contributed by atoms with Crippen LogP contribution in [0.15, 0.2) is 18.2 Å². The second kappa shape index (κ2) is 5.01. The summed E-state index contributed by atoms with van der Waals surface area (Å²) in [6.07, 6.45) is 0. The van der Waals surface area contributed by atoms with E-state index < -0.39 is 8.81 Å². The van der Waals surface area contributed by atoms with Gasteiger partial charge in [0.25, 0.3) is 5.91 Å². The maximum absolute atomic E-state index is 11.4. The lowest BCUT2D eigenvalue weighted by Crippen LogP contribution is -2.23. The number of ketones is 1. The van der Waals surface area contributed by atoms with E-state index in [1.807, 2.05) is 0 Å². The molecule has 1 unspecified atom stereocenters. The fourth-order valence-corrected chi connectivity index (χ4v) is 1.73. The van der Waals surface area contributed by atoms with E-state index in [0.717, 1.165) is 0 Å². The minimum atomic E-state index is -0.499. The molecule has 1 amide bonds. The van der Waals surface area contributed by atoms with Gasteiger partial charge >= 0.3 is 0 Å². The van der Waals surface area contributed by atoms with Crippen molar-refractivity contribution in [2.75, 3.05) is 7.05 Å². The topological polar surface area (TPSA) is 66.4 Å². The van der Waals surface area contributed by atoms with E-state index in [1.165, 1.54) is 14.0 Å². The first-order chi connectivity index (χ1) is 7.10. The molecule has 1 aromatic carbocycles. The molecule has 0 aromatic heterocycles. The molecule has 4 nitrogen and oxygen atoms in total. The van der Waals surface area contributed by atoms with Crippen molar-refractivity contribution in [1.82, 2.24) is 5.32 Å². The maximum atomic E-state index is 11.4. The third-order valence-corrected chi connectivity index (χ3v) is 2.67. The van der Waals surface area contributed by atoms with Crippen LogP contribution in [0.25, 0.3) is 0 Å². The van der Waals surface area contributed by atoms with Gasteiger partial charge in [-0.25, -0.2) is 0 Å². The standard InChI is InChI=1S/C10H12NO3P/c1-6(12)7-3-4-8(10(13)11-2)9(5-7)15-14/h3-5,14-15H,1-2H3,(H,11,13). The van der Waals surface area contributed by atoms with Crippen LogP contribution >= 0.6 is 8.81 Å². The van der Waals surface area contributed by atoms with Crippen LogP contribution in [-0.4, -0.2) is 23.6 Å². The predicted molar refractivity (Wildman–Crippen MR) is 60.0 cm³/mol. The Kier molecular flexibility index (Phi) is 3.95. The number of Topliss-reactive ketones (excluding diaryl/α,β-unsaturated/α-hetero) is 1. The first-order valence-corrected chi connectivity index (χ1v) is 5.32. The van der Waals surface area contributed by atoms with Gasteiger partial charge in [-0.3, -0.25) is 9.59 Å². The molecule has 5 heteroatoms. The van der Waals surface area contributed by atoms with E-state index in [4.69, 9.17) is 4.89 Å². The lowest BCUT2D eigenvalue weighted by molar-refractivity contribution is 0.0961. The quantitative estimate of drug-likeness (QED) is 0.580. The highest BCUT2D eigenvalue weighted by Gasteiger charge is 2.11. The molecule has 0 fully saturated rings. The highest BCUT2D eigenvalue weighted by atomic mass is 31.1. The molecule has 2 N–H and O–H groups in total. The zero-order valence-electron chi connectivity index (χ0n) is 8.50. The van der Waals surface area contributed by atoms with Gasteiger partial charge in [0.05, 0.1) is 0 Å². The lowest BCUT2D eigenvalue weighted by atomic mass is 10.1. The van der Waals surface area contributed by atoms with Crippen molar-refractivity contribution in [1.29, 1.82) is 0 Å². The van der Waals surface area contributed by atoms with E-state index in [0.29, 0.717) is 16.4 Å². The van der Waals surface area contributed by atoms with Crippen LogP contribution < -0.4 is 10.6 Å². The predicted octanol–water partition coefficient (Wildman–Crippen LogP) is 0.460. The van der Waals surface area contributed by atoms with Gasteiger partial charge < -0.3 is 10.2 Å². The number of hydrogen-bond donors (Lipinski definition) is 2. The molecule has 1 aromatic rings. The van der Waals surface area contributed by atoms with Crippen LogP contribution in [0.1, 0.15) is 27.6 Å². The monoisotopic (exact) mass is 225 g/mol. The summed E-state index contributed by atoms with van der Waals surface area (Å²) in [5.41, 5.74) is 0.905. The molecule has 0 aliphatic rings. The Labute approximate surface area is 89.6 Å². The van der Waals surface area contributed by atoms with Crippen molar-refractivity contribution in [3.05, 3.63) is 29.3 Å². The summed E-state index contributed by atoms with van der Waals surface area (Å²) < 4.78 is 0. The molecular formula is C10H12NO3P. The molecular weight excluding hydrogens is 213 g/mol. The largest absolute Gasteiger partial charge is 0.372 e. The van der Waals surface area contributed by atoms with Gasteiger partial charge in [0.2, 0.25) is 0 Å². The Balaban J connectivity index is 3.20. The van der Waals surface area contributed by atoms with Gasteiger partial charge in [-0.15, -0.1) is 0 Å². The molecule has 0 bridgehead atoms. The Morgan fingerprint density at radius 1 is 1.40 bits per heavy atom. The first-order valence-electron chi connectivity index (χ1n) is 4.37. The van der Waals surface area contributed by atoms with Crippen molar-refractivity contribution in [3.8, 4) is 0 Å². The van der Waals surface area contributed by atoms with Crippen LogP contribution in [0.3, 0.4) is 0 Å². The molecule has 0 spiro atoms. The molecule has 1 atom stereocenters. The third kappa shape index (κ3) is 2.61. The molecule has 0 aliphatic heterocycles. The minimum absolute atomic E-state index is 0.0852. The number of hydrogen-bond acceptors (Lipinski definition) is 3. The van der Waals surface area contributed by atoms with E-state index in [-0.39, 0.29) is 11.7 Å². The first kappa shape index (κ1) is 11.8. The summed E-state index contributed by atoms with van der Waals surface area (Å²) in [6, 6.07) is 4.68. The smallest absolute Gasteiger partial charge is 0.251 e. The Morgan fingerprint density at radius 2 is 2.07 bits per heavy atom. The number of carbonyl (C=O) groups excluding carboxylic acids is 2. The molecule has 0 saturated heterocycles. The average Bonchev–Trinajstić information content (AvgIpc) is 2.27. The Hall–Kier alpha value is -1.25. The van der Waals surface area contributed by atoms with Crippen LogP contribution in [-0.2, 0) is 0 Å². The molecule has 80 valence electrons. The van der Waals surface area contributed by atoms with Crippen molar-refractivity contribution in [2.24, 2.45) is 0 Å². The molecule has 0 radical (unpaired) electrons. The second-order valence-electron chi connectivity index (χ2n) is 3.01. The van der Waals surface area contributed by atoms with Crippen molar-refractivity contribution < 1.29 is 14.5 Å². The summed E-state index contributed by atoms with van der Waals surface area (Å²) in [4.78, 5) is 31.6. The van der Waals surface area contributed by atoms with E-state index in [1.54, 1.807) is 18.2 Å². The van der Waals surface area contributed by atoms with E-state index >= 15 is 0 Å². The molecule has 1 rings (SSSR count). The fraction of sp³-hybridized carbons (Fsp3) is 0.200. The van der Waals surface area contributed by atoms with Gasteiger partial charge in [-0.2, -0.15) is 0 Å². The normalized spacial score (nSPS) is 10.6. The van der Waals surface area contributed by atoms with Crippen LogP contribution in [0.2, 0.25) is 0 Å². The van der Waals surface area contributed by atoms with Crippen molar-refractivity contribution in [2.45, 2.75) is 6.92 Å². The van der Waals surface area contributed by atoms with Crippen molar-refractivity contribution in [3.63, 3.8) is 0 Å². The summed E-state index contributed by atoms with van der Waals surface area (Å²) in [5.74, 6) is -0.348. The molecule has 0 heterocycles. The molecule has 15 heavy (non-hydrogen) atoms. The summed E-state index contributed by atoms with van der Waals surface area (Å²) in [6.45, 7) is 1.44. The van der Waals surface area contributed by atoms with Crippen molar-refractivity contribution >= 4 is 25.8 Å². The van der Waals surface area contributed by atoms with Crippen LogP contribution in [0, 0.1) is 0 Å². The second-order valence-corrected chi connectivity index (χ2v) is 3.77. The summed E-state index contributed by atoms with van der Waals surface area (Å²) in [5, 5.41) is 2.96. The zero-order valence-corrected chi connectivity index (χ0v) is 9.50. The fourth-order valence-electron chi connectivity index (χ4n) is 1.19. The zero-order chi connectivity index (χ0) is 11.4.